The molecule has 1 saturated heterocycles. The number of aromatic amines is 1. The Morgan fingerprint density at radius 1 is 1.25 bits per heavy atom. The smallest absolute Gasteiger partial charge is 0.367 e. The molecule has 4 rings (SSSR count). The average molecular weight is 392 g/mol. The van der Waals surface area contributed by atoms with Gasteiger partial charge in [0, 0.05) is 62.3 Å². The van der Waals surface area contributed by atoms with Gasteiger partial charge in [0.15, 0.2) is 0 Å². The van der Waals surface area contributed by atoms with Gasteiger partial charge in [0.25, 0.3) is 0 Å². The minimum absolute atomic E-state index is 0.263. The predicted octanol–water partition coefficient (Wildman–Crippen LogP) is 2.56. The summed E-state index contributed by atoms with van der Waals surface area (Å²) in [6.07, 6.45) is -0.523. The molecule has 0 aromatic carbocycles. The molecule has 3 aromatic heterocycles. The highest BCUT2D eigenvalue weighted by Gasteiger charge is 2.34. The molecular weight excluding hydrogens is 373 g/mol. The second kappa shape index (κ2) is 6.84. The van der Waals surface area contributed by atoms with Crippen LogP contribution in [0.1, 0.15) is 6.42 Å². The van der Waals surface area contributed by atoms with E-state index in [1.807, 2.05) is 25.4 Å². The fourth-order valence-electron chi connectivity index (χ4n) is 3.48. The Morgan fingerprint density at radius 3 is 2.64 bits per heavy atom. The molecule has 148 valence electrons. The molecule has 3 aromatic rings. The van der Waals surface area contributed by atoms with E-state index in [0.29, 0.717) is 13.1 Å². The number of aromatic nitrogens is 4. The van der Waals surface area contributed by atoms with Crippen molar-refractivity contribution in [2.24, 2.45) is 7.05 Å². The third-order valence-corrected chi connectivity index (χ3v) is 4.85. The predicted molar refractivity (Wildman–Crippen MR) is 97.8 cm³/mol. The minimum Gasteiger partial charge on any atom is -0.367 e. The highest BCUT2D eigenvalue weighted by atomic mass is 19.4. The molecule has 0 bridgehead atoms. The van der Waals surface area contributed by atoms with Gasteiger partial charge in [-0.3, -0.25) is 9.48 Å². The summed E-state index contributed by atoms with van der Waals surface area (Å²) in [7, 11) is 1.84. The highest BCUT2D eigenvalue weighted by molar-refractivity contribution is 5.93. The number of piperazine rings is 1. The Morgan fingerprint density at radius 2 is 2.00 bits per heavy atom. The summed E-state index contributed by atoms with van der Waals surface area (Å²) in [6.45, 7) is 1.46. The van der Waals surface area contributed by atoms with E-state index in [1.54, 1.807) is 17.1 Å². The Bertz CT molecular complexity index is 1000. The lowest BCUT2D eigenvalue weighted by Gasteiger charge is -2.36. The fraction of sp³-hybridized carbons (Fsp3) is 0.389. The zero-order chi connectivity index (χ0) is 19.9. The Labute approximate surface area is 158 Å². The quantitative estimate of drug-likeness (QED) is 0.744. The van der Waals surface area contributed by atoms with Gasteiger partial charge < -0.3 is 14.8 Å². The van der Waals surface area contributed by atoms with Crippen LogP contribution in [0, 0.1) is 0 Å². The number of hydrogen-bond donors (Lipinski definition) is 1. The van der Waals surface area contributed by atoms with Gasteiger partial charge in [-0.05, 0) is 12.1 Å². The number of rotatable bonds is 3. The topological polar surface area (TPSA) is 70.1 Å². The number of carbonyl (C=O) groups is 1. The van der Waals surface area contributed by atoms with Crippen LogP contribution in [-0.2, 0) is 11.8 Å². The number of aryl methyl sites for hydroxylation is 1. The Hall–Kier alpha value is -3.04. The number of alkyl halides is 3. The summed E-state index contributed by atoms with van der Waals surface area (Å²) in [6, 6.07) is 3.88. The number of hydrogen-bond acceptors (Lipinski definition) is 4. The molecular formula is C18H19F3N6O. The molecule has 1 N–H and O–H groups in total. The fourth-order valence-corrected chi connectivity index (χ4v) is 3.48. The first-order valence-corrected chi connectivity index (χ1v) is 8.86. The molecule has 0 radical (unpaired) electrons. The molecule has 28 heavy (non-hydrogen) atoms. The Balaban J connectivity index is 1.52. The molecule has 1 aliphatic heterocycles. The number of fused-ring (bicyclic) bond motifs is 1. The number of H-pyrrole nitrogens is 1. The van der Waals surface area contributed by atoms with Crippen molar-refractivity contribution in [1.29, 1.82) is 0 Å². The van der Waals surface area contributed by atoms with Crippen molar-refractivity contribution < 1.29 is 18.0 Å². The standard InChI is InChI=1S/C18H19F3N6O/c1-25-11-12(10-23-25)14-8-13-15(2-3-22-17(13)24-14)26-4-6-27(7-5-26)16(28)9-18(19,20)21/h2-3,8,10-11H,4-7,9H2,1H3,(H,22,24). The van der Waals surface area contributed by atoms with Crippen molar-refractivity contribution in [2.75, 3.05) is 31.1 Å². The molecule has 4 heterocycles. The van der Waals surface area contributed by atoms with Gasteiger partial charge >= 0.3 is 6.18 Å². The zero-order valence-electron chi connectivity index (χ0n) is 15.2. The van der Waals surface area contributed by atoms with Crippen LogP contribution in [0.25, 0.3) is 22.3 Å². The van der Waals surface area contributed by atoms with Crippen LogP contribution < -0.4 is 4.90 Å². The first kappa shape index (κ1) is 18.3. The second-order valence-electron chi connectivity index (χ2n) is 6.84. The number of pyridine rings is 1. The molecule has 0 atom stereocenters. The van der Waals surface area contributed by atoms with E-state index >= 15 is 0 Å². The number of anilines is 1. The molecule has 0 aliphatic carbocycles. The summed E-state index contributed by atoms with van der Waals surface area (Å²) in [5.74, 6) is -0.868. The van der Waals surface area contributed by atoms with E-state index in [1.165, 1.54) is 4.90 Å². The van der Waals surface area contributed by atoms with Crippen molar-refractivity contribution in [1.82, 2.24) is 24.6 Å². The van der Waals surface area contributed by atoms with Crippen LogP contribution in [-0.4, -0.2) is 62.9 Å². The monoisotopic (exact) mass is 392 g/mol. The van der Waals surface area contributed by atoms with Gasteiger partial charge in [0.2, 0.25) is 5.91 Å². The number of nitrogens with zero attached hydrogens (tertiary/aromatic N) is 5. The molecule has 10 heteroatoms. The van der Waals surface area contributed by atoms with Crippen LogP contribution in [0.5, 0.6) is 0 Å². The largest absolute Gasteiger partial charge is 0.397 e. The lowest BCUT2D eigenvalue weighted by molar-refractivity contribution is -0.161. The number of carbonyl (C=O) groups excluding carboxylic acids is 1. The Kier molecular flexibility index (Phi) is 4.48. The van der Waals surface area contributed by atoms with Crippen molar-refractivity contribution in [3.63, 3.8) is 0 Å². The van der Waals surface area contributed by atoms with Gasteiger partial charge in [0.1, 0.15) is 12.1 Å². The summed E-state index contributed by atoms with van der Waals surface area (Å²) < 4.78 is 39.1. The minimum atomic E-state index is -4.47. The molecule has 0 spiro atoms. The molecule has 1 amide bonds. The third-order valence-electron chi connectivity index (χ3n) is 4.85. The third kappa shape index (κ3) is 3.67. The SMILES string of the molecule is Cn1cc(-c2cc3c(N4CCN(C(=O)CC(F)(F)F)CC4)ccnc3[nH]2)cn1. The molecule has 1 aliphatic rings. The van der Waals surface area contributed by atoms with Gasteiger partial charge in [-0.1, -0.05) is 0 Å². The van der Waals surface area contributed by atoms with E-state index in [4.69, 9.17) is 0 Å². The molecule has 7 nitrogen and oxygen atoms in total. The maximum Gasteiger partial charge on any atom is 0.397 e. The highest BCUT2D eigenvalue weighted by Crippen LogP contribution is 2.31. The molecule has 0 saturated carbocycles. The van der Waals surface area contributed by atoms with Crippen LogP contribution in [0.4, 0.5) is 18.9 Å². The van der Waals surface area contributed by atoms with E-state index < -0.39 is 18.5 Å². The van der Waals surface area contributed by atoms with Gasteiger partial charge in [0.05, 0.1) is 11.9 Å². The van der Waals surface area contributed by atoms with Gasteiger partial charge in [-0.2, -0.15) is 18.3 Å². The number of amides is 1. The summed E-state index contributed by atoms with van der Waals surface area (Å²) in [5.41, 5.74) is 3.50. The second-order valence-corrected chi connectivity index (χ2v) is 6.84. The average Bonchev–Trinajstić information content (AvgIpc) is 3.26. The van der Waals surface area contributed by atoms with E-state index in [-0.39, 0.29) is 13.1 Å². The van der Waals surface area contributed by atoms with E-state index in [2.05, 4.69) is 20.0 Å². The normalized spacial score (nSPS) is 15.4. The van der Waals surface area contributed by atoms with E-state index in [0.717, 1.165) is 28.0 Å². The molecule has 1 fully saturated rings. The molecule has 0 unspecified atom stereocenters. The number of halogens is 3. The van der Waals surface area contributed by atoms with Crippen LogP contribution in [0.15, 0.2) is 30.7 Å². The van der Waals surface area contributed by atoms with Gasteiger partial charge in [-0.25, -0.2) is 4.98 Å². The van der Waals surface area contributed by atoms with Crippen LogP contribution >= 0.6 is 0 Å². The number of nitrogens with one attached hydrogen (secondary N) is 1. The van der Waals surface area contributed by atoms with Crippen LogP contribution in [0.3, 0.4) is 0 Å². The maximum absolute atomic E-state index is 12.4. The summed E-state index contributed by atoms with van der Waals surface area (Å²) in [5, 5.41) is 5.10. The van der Waals surface area contributed by atoms with Crippen molar-refractivity contribution in [2.45, 2.75) is 12.6 Å². The maximum atomic E-state index is 12.4. The lowest BCUT2D eigenvalue weighted by atomic mass is 10.2. The van der Waals surface area contributed by atoms with Gasteiger partial charge in [-0.15, -0.1) is 0 Å². The summed E-state index contributed by atoms with van der Waals surface area (Å²) >= 11 is 0. The zero-order valence-corrected chi connectivity index (χ0v) is 15.2. The van der Waals surface area contributed by atoms with Crippen molar-refractivity contribution in [3.8, 4) is 11.3 Å². The lowest BCUT2D eigenvalue weighted by Crippen LogP contribution is -2.49. The summed E-state index contributed by atoms with van der Waals surface area (Å²) in [4.78, 5) is 22.8. The van der Waals surface area contributed by atoms with Crippen molar-refractivity contribution in [3.05, 3.63) is 30.7 Å². The van der Waals surface area contributed by atoms with E-state index in [9.17, 15) is 18.0 Å². The van der Waals surface area contributed by atoms with Crippen molar-refractivity contribution >= 4 is 22.6 Å². The first-order chi connectivity index (χ1) is 13.3. The first-order valence-electron chi connectivity index (χ1n) is 8.86. The van der Waals surface area contributed by atoms with Crippen LogP contribution in [0.2, 0.25) is 0 Å².